The Hall–Kier alpha value is -1.18. The molecule has 108 valence electrons. The number of benzene rings is 1. The SMILES string of the molecule is COc1cccc(CNCCCNS(C)(=O)=O)c1F. The number of nitrogens with one attached hydrogen (secondary N) is 2. The van der Waals surface area contributed by atoms with E-state index in [-0.39, 0.29) is 11.6 Å². The number of sulfonamides is 1. The second kappa shape index (κ2) is 7.42. The van der Waals surface area contributed by atoms with Gasteiger partial charge in [0, 0.05) is 18.7 Å². The molecule has 19 heavy (non-hydrogen) atoms. The third kappa shape index (κ3) is 6.00. The fourth-order valence-electron chi connectivity index (χ4n) is 1.54. The molecule has 0 unspecified atom stereocenters. The summed E-state index contributed by atoms with van der Waals surface area (Å²) in [6, 6.07) is 4.97. The lowest BCUT2D eigenvalue weighted by molar-refractivity contribution is 0.383. The van der Waals surface area contributed by atoms with Gasteiger partial charge in [0.25, 0.3) is 0 Å². The first-order valence-corrected chi connectivity index (χ1v) is 7.80. The van der Waals surface area contributed by atoms with E-state index in [1.54, 1.807) is 18.2 Å². The van der Waals surface area contributed by atoms with Crippen molar-refractivity contribution < 1.29 is 17.5 Å². The molecule has 0 atom stereocenters. The van der Waals surface area contributed by atoms with Crippen LogP contribution in [0.2, 0.25) is 0 Å². The lowest BCUT2D eigenvalue weighted by atomic mass is 10.2. The van der Waals surface area contributed by atoms with Gasteiger partial charge in [-0.1, -0.05) is 12.1 Å². The van der Waals surface area contributed by atoms with Crippen LogP contribution in [0.25, 0.3) is 0 Å². The average molecular weight is 290 g/mol. The summed E-state index contributed by atoms with van der Waals surface area (Å²) in [4.78, 5) is 0. The van der Waals surface area contributed by atoms with E-state index in [1.165, 1.54) is 7.11 Å². The minimum Gasteiger partial charge on any atom is -0.494 e. The van der Waals surface area contributed by atoms with Crippen molar-refractivity contribution in [3.8, 4) is 5.75 Å². The van der Waals surface area contributed by atoms with Gasteiger partial charge in [-0.05, 0) is 19.0 Å². The van der Waals surface area contributed by atoms with Gasteiger partial charge in [0.05, 0.1) is 13.4 Å². The van der Waals surface area contributed by atoms with Crippen LogP contribution in [0, 0.1) is 5.82 Å². The van der Waals surface area contributed by atoms with Gasteiger partial charge in [-0.15, -0.1) is 0 Å². The smallest absolute Gasteiger partial charge is 0.208 e. The van der Waals surface area contributed by atoms with Crippen molar-refractivity contribution in [2.45, 2.75) is 13.0 Å². The van der Waals surface area contributed by atoms with Crippen LogP contribution in [-0.2, 0) is 16.6 Å². The summed E-state index contributed by atoms with van der Waals surface area (Å²) < 4.78 is 42.6. The van der Waals surface area contributed by atoms with Crippen LogP contribution in [0.1, 0.15) is 12.0 Å². The quantitative estimate of drug-likeness (QED) is 0.697. The Morgan fingerprint density at radius 3 is 2.68 bits per heavy atom. The first kappa shape index (κ1) is 15.9. The van der Waals surface area contributed by atoms with E-state index in [1.807, 2.05) is 0 Å². The topological polar surface area (TPSA) is 67.4 Å². The maximum absolute atomic E-state index is 13.7. The summed E-state index contributed by atoms with van der Waals surface area (Å²) in [5.74, 6) is -0.148. The zero-order valence-corrected chi connectivity index (χ0v) is 11.9. The number of methoxy groups -OCH3 is 1. The molecule has 1 rings (SSSR count). The highest BCUT2D eigenvalue weighted by atomic mass is 32.2. The Bertz CT molecular complexity index is 506. The highest BCUT2D eigenvalue weighted by Crippen LogP contribution is 2.19. The maximum Gasteiger partial charge on any atom is 0.208 e. The van der Waals surface area contributed by atoms with E-state index in [9.17, 15) is 12.8 Å². The predicted octanol–water partition coefficient (Wildman–Crippen LogP) is 0.863. The molecule has 0 heterocycles. The standard InChI is InChI=1S/C12H19FN2O3S/c1-18-11-6-3-5-10(12(11)13)9-14-7-4-8-15-19(2,16)17/h3,5-6,14-15H,4,7-9H2,1-2H3. The van der Waals surface area contributed by atoms with E-state index in [4.69, 9.17) is 4.74 Å². The number of rotatable bonds is 8. The van der Waals surface area contributed by atoms with Crippen molar-refractivity contribution in [3.63, 3.8) is 0 Å². The van der Waals surface area contributed by atoms with Gasteiger partial charge in [0.1, 0.15) is 0 Å². The Labute approximate surface area is 113 Å². The molecule has 1 aromatic carbocycles. The zero-order valence-electron chi connectivity index (χ0n) is 11.1. The monoisotopic (exact) mass is 290 g/mol. The fourth-order valence-corrected chi connectivity index (χ4v) is 2.06. The molecule has 0 saturated carbocycles. The van der Waals surface area contributed by atoms with Crippen LogP contribution in [0.15, 0.2) is 18.2 Å². The van der Waals surface area contributed by atoms with E-state index >= 15 is 0 Å². The van der Waals surface area contributed by atoms with Crippen LogP contribution in [0.5, 0.6) is 5.75 Å². The van der Waals surface area contributed by atoms with Crippen molar-refractivity contribution in [3.05, 3.63) is 29.6 Å². The zero-order chi connectivity index (χ0) is 14.3. The molecule has 2 N–H and O–H groups in total. The van der Waals surface area contributed by atoms with Crippen molar-refractivity contribution in [1.29, 1.82) is 0 Å². The average Bonchev–Trinajstić information content (AvgIpc) is 2.34. The molecule has 1 aromatic rings. The Balaban J connectivity index is 2.30. The number of halogens is 1. The minimum atomic E-state index is -3.13. The van der Waals surface area contributed by atoms with Crippen LogP contribution in [0.3, 0.4) is 0 Å². The highest BCUT2D eigenvalue weighted by molar-refractivity contribution is 7.88. The first-order chi connectivity index (χ1) is 8.94. The van der Waals surface area contributed by atoms with Gasteiger partial charge in [-0.3, -0.25) is 0 Å². The summed E-state index contributed by atoms with van der Waals surface area (Å²) in [7, 11) is -1.71. The second-order valence-corrected chi connectivity index (χ2v) is 5.96. The fraction of sp³-hybridized carbons (Fsp3) is 0.500. The van der Waals surface area contributed by atoms with Crippen LogP contribution in [0.4, 0.5) is 4.39 Å². The summed E-state index contributed by atoms with van der Waals surface area (Å²) in [6.07, 6.45) is 1.75. The van der Waals surface area contributed by atoms with Gasteiger partial charge < -0.3 is 10.1 Å². The number of ether oxygens (including phenoxy) is 1. The van der Waals surface area contributed by atoms with Crippen LogP contribution >= 0.6 is 0 Å². The van der Waals surface area contributed by atoms with E-state index in [0.29, 0.717) is 31.6 Å². The minimum absolute atomic E-state index is 0.220. The van der Waals surface area contributed by atoms with E-state index in [2.05, 4.69) is 10.0 Å². The number of hydrogen-bond donors (Lipinski definition) is 2. The Morgan fingerprint density at radius 1 is 1.32 bits per heavy atom. The van der Waals surface area contributed by atoms with E-state index < -0.39 is 10.0 Å². The van der Waals surface area contributed by atoms with Crippen LogP contribution in [-0.4, -0.2) is 34.9 Å². The molecule has 0 aromatic heterocycles. The molecular formula is C12H19FN2O3S. The molecule has 5 nitrogen and oxygen atoms in total. The molecule has 7 heteroatoms. The second-order valence-electron chi connectivity index (χ2n) is 4.13. The summed E-state index contributed by atoms with van der Waals surface area (Å²) in [6.45, 7) is 1.34. The molecule has 0 aliphatic heterocycles. The maximum atomic E-state index is 13.7. The molecule has 0 radical (unpaired) electrons. The molecule has 0 spiro atoms. The molecule has 0 aliphatic rings. The van der Waals surface area contributed by atoms with Gasteiger partial charge in [0.2, 0.25) is 10.0 Å². The molecular weight excluding hydrogens is 271 g/mol. The lowest BCUT2D eigenvalue weighted by Crippen LogP contribution is -2.26. The molecule has 0 amide bonds. The molecule has 0 fully saturated rings. The van der Waals surface area contributed by atoms with E-state index in [0.717, 1.165) is 6.26 Å². The van der Waals surface area contributed by atoms with Crippen molar-refractivity contribution in [1.82, 2.24) is 10.0 Å². The highest BCUT2D eigenvalue weighted by Gasteiger charge is 2.07. The largest absolute Gasteiger partial charge is 0.494 e. The van der Waals surface area contributed by atoms with Gasteiger partial charge in [-0.25, -0.2) is 17.5 Å². The first-order valence-electron chi connectivity index (χ1n) is 5.91. The molecule has 0 saturated heterocycles. The molecule has 0 bridgehead atoms. The van der Waals surface area contributed by atoms with Crippen molar-refractivity contribution in [2.24, 2.45) is 0 Å². The normalized spacial score (nSPS) is 11.5. The van der Waals surface area contributed by atoms with Crippen LogP contribution < -0.4 is 14.8 Å². The summed E-state index contributed by atoms with van der Waals surface area (Å²) >= 11 is 0. The van der Waals surface area contributed by atoms with Crippen molar-refractivity contribution in [2.75, 3.05) is 26.5 Å². The number of hydrogen-bond acceptors (Lipinski definition) is 4. The Kier molecular flexibility index (Phi) is 6.20. The van der Waals surface area contributed by atoms with Gasteiger partial charge in [0.15, 0.2) is 11.6 Å². The summed E-state index contributed by atoms with van der Waals surface area (Å²) in [5, 5.41) is 3.05. The molecule has 0 aliphatic carbocycles. The third-order valence-corrected chi connectivity index (χ3v) is 3.20. The van der Waals surface area contributed by atoms with Gasteiger partial charge in [-0.2, -0.15) is 0 Å². The Morgan fingerprint density at radius 2 is 2.05 bits per heavy atom. The van der Waals surface area contributed by atoms with Gasteiger partial charge >= 0.3 is 0 Å². The summed E-state index contributed by atoms with van der Waals surface area (Å²) in [5.41, 5.74) is 0.524. The third-order valence-electron chi connectivity index (χ3n) is 2.47. The lowest BCUT2D eigenvalue weighted by Gasteiger charge is -2.08. The van der Waals surface area contributed by atoms with Crippen molar-refractivity contribution >= 4 is 10.0 Å². The predicted molar refractivity (Wildman–Crippen MR) is 72.1 cm³/mol.